The molecule has 1 heterocycles. The Bertz CT molecular complexity index is 656. The van der Waals surface area contributed by atoms with Gasteiger partial charge in [0.05, 0.1) is 31.3 Å². The highest BCUT2D eigenvalue weighted by molar-refractivity contribution is 5.99. The number of carbonyl (C=O) groups is 3. The summed E-state index contributed by atoms with van der Waals surface area (Å²) in [6.45, 7) is 1.33. The van der Waals surface area contributed by atoms with E-state index in [9.17, 15) is 14.4 Å². The maximum absolute atomic E-state index is 12.2. The lowest BCUT2D eigenvalue weighted by atomic mass is 9.83. The normalized spacial score (nSPS) is 14.7. The van der Waals surface area contributed by atoms with Gasteiger partial charge in [-0.15, -0.1) is 0 Å². The van der Waals surface area contributed by atoms with Crippen molar-refractivity contribution in [1.29, 1.82) is 0 Å². The molecule has 0 atom stereocenters. The molecule has 2 rings (SSSR count). The first-order valence-corrected chi connectivity index (χ1v) is 6.93. The summed E-state index contributed by atoms with van der Waals surface area (Å²) in [5.74, 6) is -2.22. The van der Waals surface area contributed by atoms with Crippen LogP contribution in [-0.2, 0) is 23.9 Å². The van der Waals surface area contributed by atoms with Gasteiger partial charge in [-0.25, -0.2) is 9.59 Å². The lowest BCUT2D eigenvalue weighted by Crippen LogP contribution is -2.30. The minimum Gasteiger partial charge on any atom is -0.466 e. The number of hydrogen-bond donors (Lipinski definition) is 0. The van der Waals surface area contributed by atoms with Crippen LogP contribution in [0.4, 0.5) is 0 Å². The van der Waals surface area contributed by atoms with Crippen LogP contribution < -0.4 is 0 Å². The maximum Gasteiger partial charge on any atom is 0.336 e. The second-order valence-electron chi connectivity index (χ2n) is 4.92. The van der Waals surface area contributed by atoms with Crippen LogP contribution >= 0.6 is 0 Å². The quantitative estimate of drug-likeness (QED) is 0.795. The average molecular weight is 315 g/mol. The molecule has 0 radical (unpaired) electrons. The molecule has 120 valence electrons. The van der Waals surface area contributed by atoms with Crippen molar-refractivity contribution >= 4 is 17.8 Å². The molecule has 1 aliphatic rings. The summed E-state index contributed by atoms with van der Waals surface area (Å²) >= 11 is 0. The second-order valence-corrected chi connectivity index (χ2v) is 4.92. The number of nitrogens with zero attached hydrogens (tertiary/aromatic N) is 1. The monoisotopic (exact) mass is 315 g/mol. The molecule has 0 unspecified atom stereocenters. The van der Waals surface area contributed by atoms with Crippen LogP contribution in [0.3, 0.4) is 0 Å². The molecule has 6 nitrogen and oxygen atoms in total. The van der Waals surface area contributed by atoms with E-state index >= 15 is 0 Å². The van der Waals surface area contributed by atoms with E-state index in [2.05, 4.69) is 0 Å². The molecule has 0 bridgehead atoms. The van der Waals surface area contributed by atoms with Gasteiger partial charge in [-0.2, -0.15) is 0 Å². The van der Waals surface area contributed by atoms with Crippen molar-refractivity contribution in [3.63, 3.8) is 0 Å². The standard InChI is InChI=1S/C17H17NO5/c1-11(19)18-9-13(16(20)22-2)15(12-7-5-4-6-8-12)14(10-18)17(21)23-3/h4-10,15H,1-3H3. The number of hydrogen-bond acceptors (Lipinski definition) is 5. The van der Waals surface area contributed by atoms with Crippen LogP contribution in [0, 0.1) is 0 Å². The number of amides is 1. The summed E-state index contributed by atoms with van der Waals surface area (Å²) in [5, 5.41) is 0. The van der Waals surface area contributed by atoms with E-state index in [4.69, 9.17) is 9.47 Å². The Balaban J connectivity index is 2.62. The molecule has 0 spiro atoms. The summed E-state index contributed by atoms with van der Waals surface area (Å²) < 4.78 is 9.61. The molecule has 0 aromatic heterocycles. The summed E-state index contributed by atoms with van der Waals surface area (Å²) in [7, 11) is 2.50. The topological polar surface area (TPSA) is 72.9 Å². The van der Waals surface area contributed by atoms with Gasteiger partial charge in [0.15, 0.2) is 0 Å². The molecule has 23 heavy (non-hydrogen) atoms. The van der Waals surface area contributed by atoms with Gasteiger partial charge >= 0.3 is 11.9 Å². The van der Waals surface area contributed by atoms with Crippen molar-refractivity contribution in [2.75, 3.05) is 14.2 Å². The van der Waals surface area contributed by atoms with Crippen molar-refractivity contribution in [3.8, 4) is 0 Å². The molecule has 0 saturated heterocycles. The summed E-state index contributed by atoms with van der Waals surface area (Å²) in [5.41, 5.74) is 1.11. The van der Waals surface area contributed by atoms with E-state index in [0.717, 1.165) is 5.56 Å². The van der Waals surface area contributed by atoms with Crippen LogP contribution in [0.15, 0.2) is 53.9 Å². The van der Waals surface area contributed by atoms with E-state index in [-0.39, 0.29) is 17.1 Å². The Morgan fingerprint density at radius 1 is 0.913 bits per heavy atom. The molecular formula is C17H17NO5. The molecule has 1 aromatic rings. The Hall–Kier alpha value is -2.89. The van der Waals surface area contributed by atoms with Crippen molar-refractivity contribution < 1.29 is 23.9 Å². The Labute approximate surface area is 134 Å². The van der Waals surface area contributed by atoms with E-state index in [1.165, 1.54) is 38.4 Å². The van der Waals surface area contributed by atoms with Gasteiger partial charge in [-0.05, 0) is 5.56 Å². The fourth-order valence-corrected chi connectivity index (χ4v) is 2.42. The molecule has 1 aromatic carbocycles. The highest BCUT2D eigenvalue weighted by atomic mass is 16.5. The zero-order chi connectivity index (χ0) is 17.0. The summed E-state index contributed by atoms with van der Waals surface area (Å²) in [6.07, 6.45) is 2.77. The third-order valence-corrected chi connectivity index (χ3v) is 3.52. The van der Waals surface area contributed by atoms with Crippen LogP contribution in [-0.4, -0.2) is 37.0 Å². The second kappa shape index (κ2) is 6.91. The van der Waals surface area contributed by atoms with Gasteiger partial charge in [0.1, 0.15) is 0 Å². The first-order valence-electron chi connectivity index (χ1n) is 6.93. The van der Waals surface area contributed by atoms with E-state index in [1.54, 1.807) is 24.3 Å². The molecular weight excluding hydrogens is 298 g/mol. The SMILES string of the molecule is COC(=O)C1=CN(C(C)=O)C=C(C(=O)OC)C1c1ccccc1. The molecule has 0 N–H and O–H groups in total. The van der Waals surface area contributed by atoms with E-state index < -0.39 is 17.9 Å². The summed E-state index contributed by atoms with van der Waals surface area (Å²) in [4.78, 5) is 37.2. The highest BCUT2D eigenvalue weighted by Crippen LogP contribution is 2.36. The third kappa shape index (κ3) is 3.31. The summed E-state index contributed by atoms with van der Waals surface area (Å²) in [6, 6.07) is 9.02. The largest absolute Gasteiger partial charge is 0.466 e. The predicted octanol–water partition coefficient (Wildman–Crippen LogP) is 1.75. The molecule has 6 heteroatoms. The Morgan fingerprint density at radius 2 is 1.39 bits per heavy atom. The van der Waals surface area contributed by atoms with Gasteiger partial charge in [0.2, 0.25) is 5.91 Å². The smallest absolute Gasteiger partial charge is 0.336 e. The molecule has 0 saturated carbocycles. The van der Waals surface area contributed by atoms with Crippen LogP contribution in [0.2, 0.25) is 0 Å². The number of methoxy groups -OCH3 is 2. The van der Waals surface area contributed by atoms with Crippen molar-refractivity contribution in [2.45, 2.75) is 12.8 Å². The zero-order valence-electron chi connectivity index (χ0n) is 13.1. The maximum atomic E-state index is 12.2. The van der Waals surface area contributed by atoms with Gasteiger partial charge in [-0.1, -0.05) is 30.3 Å². The van der Waals surface area contributed by atoms with E-state index in [0.29, 0.717) is 0 Å². The van der Waals surface area contributed by atoms with Crippen LogP contribution in [0.5, 0.6) is 0 Å². The first-order chi connectivity index (χ1) is 11.0. The number of ether oxygens (including phenoxy) is 2. The Kier molecular flexibility index (Phi) is 4.95. The minimum absolute atomic E-state index is 0.191. The lowest BCUT2D eigenvalue weighted by Gasteiger charge is -2.28. The molecule has 0 fully saturated rings. The Morgan fingerprint density at radius 3 is 1.78 bits per heavy atom. The van der Waals surface area contributed by atoms with Gasteiger partial charge < -0.3 is 9.47 Å². The van der Waals surface area contributed by atoms with E-state index in [1.807, 2.05) is 6.07 Å². The minimum atomic E-state index is -0.660. The number of esters is 2. The van der Waals surface area contributed by atoms with Crippen molar-refractivity contribution in [1.82, 2.24) is 4.90 Å². The van der Waals surface area contributed by atoms with Crippen LogP contribution in [0.25, 0.3) is 0 Å². The highest BCUT2D eigenvalue weighted by Gasteiger charge is 2.35. The van der Waals surface area contributed by atoms with Crippen molar-refractivity contribution in [2.24, 2.45) is 0 Å². The number of rotatable bonds is 3. The fraction of sp³-hybridized carbons (Fsp3) is 0.235. The van der Waals surface area contributed by atoms with Crippen molar-refractivity contribution in [3.05, 3.63) is 59.4 Å². The lowest BCUT2D eigenvalue weighted by molar-refractivity contribution is -0.137. The predicted molar refractivity (Wildman–Crippen MR) is 81.9 cm³/mol. The van der Waals surface area contributed by atoms with Gasteiger partial charge in [-0.3, -0.25) is 9.69 Å². The average Bonchev–Trinajstić information content (AvgIpc) is 2.59. The van der Waals surface area contributed by atoms with Gasteiger partial charge in [0, 0.05) is 19.3 Å². The number of benzene rings is 1. The zero-order valence-corrected chi connectivity index (χ0v) is 13.1. The molecule has 0 aliphatic carbocycles. The van der Waals surface area contributed by atoms with Crippen LogP contribution in [0.1, 0.15) is 18.4 Å². The molecule has 1 amide bonds. The van der Waals surface area contributed by atoms with Gasteiger partial charge in [0.25, 0.3) is 0 Å². The first kappa shape index (κ1) is 16.5. The third-order valence-electron chi connectivity index (χ3n) is 3.52. The fourth-order valence-electron chi connectivity index (χ4n) is 2.42. The number of carbonyl (C=O) groups excluding carboxylic acids is 3. The molecule has 1 aliphatic heterocycles.